The Morgan fingerprint density at radius 3 is 2.37 bits per heavy atom. The van der Waals surface area contributed by atoms with Gasteiger partial charge in [0.1, 0.15) is 5.82 Å². The first-order valence-electron chi connectivity index (χ1n) is 6.46. The van der Waals surface area contributed by atoms with Crippen molar-refractivity contribution in [2.24, 2.45) is 5.92 Å². The summed E-state index contributed by atoms with van der Waals surface area (Å²) >= 11 is 0. The highest BCUT2D eigenvalue weighted by molar-refractivity contribution is 5.29. The zero-order chi connectivity index (χ0) is 14.0. The Hall–Kier alpha value is -1.10. The monoisotopic (exact) mass is 275 g/mol. The van der Waals surface area contributed by atoms with Crippen LogP contribution in [0.25, 0.3) is 0 Å². The van der Waals surface area contributed by atoms with Gasteiger partial charge in [-0.3, -0.25) is 0 Å². The van der Waals surface area contributed by atoms with Gasteiger partial charge in [-0.2, -0.15) is 13.2 Å². The molecule has 0 spiro atoms. The first kappa shape index (κ1) is 14.3. The maximum absolute atomic E-state index is 13.4. The van der Waals surface area contributed by atoms with Crippen LogP contribution in [0, 0.1) is 11.7 Å². The van der Waals surface area contributed by atoms with Gasteiger partial charge in [0.05, 0.1) is 5.56 Å². The third kappa shape index (κ3) is 3.47. The summed E-state index contributed by atoms with van der Waals surface area (Å²) in [5, 5.41) is 3.21. The number of alkyl halides is 3. The molecule has 2 rings (SSSR count). The van der Waals surface area contributed by atoms with E-state index >= 15 is 0 Å². The minimum Gasteiger partial charge on any atom is -0.317 e. The van der Waals surface area contributed by atoms with Gasteiger partial charge in [0, 0.05) is 0 Å². The average molecular weight is 275 g/mol. The Morgan fingerprint density at radius 1 is 1.16 bits per heavy atom. The minimum absolute atomic E-state index is 0.0566. The van der Waals surface area contributed by atoms with Crippen LogP contribution < -0.4 is 5.32 Å². The molecule has 0 bridgehead atoms. The van der Waals surface area contributed by atoms with Crippen LogP contribution >= 0.6 is 0 Å². The van der Waals surface area contributed by atoms with E-state index in [1.807, 2.05) is 6.92 Å². The van der Waals surface area contributed by atoms with Gasteiger partial charge >= 0.3 is 6.18 Å². The quantitative estimate of drug-likeness (QED) is 0.806. The van der Waals surface area contributed by atoms with Crippen LogP contribution in [0.2, 0.25) is 0 Å². The number of hydrogen-bond donors (Lipinski definition) is 1. The molecule has 1 fully saturated rings. The largest absolute Gasteiger partial charge is 0.416 e. The molecule has 1 atom stereocenters. The maximum atomic E-state index is 13.4. The highest BCUT2D eigenvalue weighted by Crippen LogP contribution is 2.35. The van der Waals surface area contributed by atoms with E-state index in [1.165, 1.54) is 6.07 Å². The van der Waals surface area contributed by atoms with Crippen LogP contribution in [0.15, 0.2) is 18.2 Å². The zero-order valence-electron chi connectivity index (χ0n) is 10.7. The summed E-state index contributed by atoms with van der Waals surface area (Å²) < 4.78 is 51.4. The number of hydrogen-bond acceptors (Lipinski definition) is 1. The van der Waals surface area contributed by atoms with E-state index in [-0.39, 0.29) is 5.92 Å². The van der Waals surface area contributed by atoms with Crippen molar-refractivity contribution in [3.8, 4) is 0 Å². The molecule has 1 heterocycles. The fourth-order valence-corrected chi connectivity index (χ4v) is 2.66. The standard InChI is InChI=1S/C14H17F4N/c1-9(10-2-4-19-5-3-10)11-6-12(14(16,17)18)8-13(15)7-11/h6-10,19H,2-5H2,1H3. The Bertz CT molecular complexity index is 436. The second-order valence-corrected chi connectivity index (χ2v) is 5.15. The molecular formula is C14H17F4N. The number of benzene rings is 1. The van der Waals surface area contributed by atoms with E-state index in [9.17, 15) is 17.6 Å². The molecule has 0 saturated carbocycles. The maximum Gasteiger partial charge on any atom is 0.416 e. The SMILES string of the molecule is CC(c1cc(F)cc(C(F)(F)F)c1)C1CCNCC1. The molecule has 1 N–H and O–H groups in total. The third-order valence-corrected chi connectivity index (χ3v) is 3.86. The van der Waals surface area contributed by atoms with Gasteiger partial charge in [-0.15, -0.1) is 0 Å². The van der Waals surface area contributed by atoms with Crippen molar-refractivity contribution < 1.29 is 17.6 Å². The lowest BCUT2D eigenvalue weighted by Gasteiger charge is -2.29. The highest BCUT2D eigenvalue weighted by Gasteiger charge is 2.32. The number of halogens is 4. The van der Waals surface area contributed by atoms with E-state index < -0.39 is 17.6 Å². The minimum atomic E-state index is -4.50. The van der Waals surface area contributed by atoms with Crippen molar-refractivity contribution in [1.82, 2.24) is 5.32 Å². The molecule has 1 aromatic carbocycles. The van der Waals surface area contributed by atoms with E-state index in [1.54, 1.807) is 0 Å². The molecule has 19 heavy (non-hydrogen) atoms. The first-order valence-corrected chi connectivity index (χ1v) is 6.46. The van der Waals surface area contributed by atoms with Gasteiger partial charge in [-0.25, -0.2) is 4.39 Å². The topological polar surface area (TPSA) is 12.0 Å². The molecule has 1 aliphatic rings. The molecule has 0 radical (unpaired) electrons. The molecule has 0 aromatic heterocycles. The van der Waals surface area contributed by atoms with Gasteiger partial charge in [-0.05, 0) is 61.5 Å². The smallest absolute Gasteiger partial charge is 0.317 e. The highest BCUT2D eigenvalue weighted by atomic mass is 19.4. The van der Waals surface area contributed by atoms with Gasteiger partial charge < -0.3 is 5.32 Å². The Labute approximate surface area is 110 Å². The fourth-order valence-electron chi connectivity index (χ4n) is 2.66. The Morgan fingerprint density at radius 2 is 1.79 bits per heavy atom. The lowest BCUT2D eigenvalue weighted by atomic mass is 9.81. The molecule has 1 nitrogen and oxygen atoms in total. The lowest BCUT2D eigenvalue weighted by molar-refractivity contribution is -0.137. The molecule has 1 aliphatic heterocycles. The van der Waals surface area contributed by atoms with E-state index in [0.717, 1.165) is 32.0 Å². The first-order chi connectivity index (χ1) is 8.88. The number of nitrogens with one attached hydrogen (secondary N) is 1. The van der Waals surface area contributed by atoms with Crippen molar-refractivity contribution in [1.29, 1.82) is 0 Å². The van der Waals surface area contributed by atoms with Gasteiger partial charge in [0.25, 0.3) is 0 Å². The van der Waals surface area contributed by atoms with Crippen LogP contribution in [-0.4, -0.2) is 13.1 Å². The summed E-state index contributed by atoms with van der Waals surface area (Å²) in [6.45, 7) is 3.62. The van der Waals surface area contributed by atoms with Crippen molar-refractivity contribution >= 4 is 0 Å². The van der Waals surface area contributed by atoms with Crippen molar-refractivity contribution in [2.75, 3.05) is 13.1 Å². The second-order valence-electron chi connectivity index (χ2n) is 5.15. The summed E-state index contributed by atoms with van der Waals surface area (Å²) in [6, 6.07) is 2.86. The number of piperidine rings is 1. The predicted molar refractivity (Wildman–Crippen MR) is 65.4 cm³/mol. The van der Waals surface area contributed by atoms with Crippen molar-refractivity contribution in [3.63, 3.8) is 0 Å². The van der Waals surface area contributed by atoms with Crippen LogP contribution in [0.5, 0.6) is 0 Å². The predicted octanol–water partition coefficient (Wildman–Crippen LogP) is 3.95. The summed E-state index contributed by atoms with van der Waals surface area (Å²) in [7, 11) is 0. The molecule has 1 unspecified atom stereocenters. The molecule has 1 saturated heterocycles. The molecule has 1 aromatic rings. The molecule has 0 aliphatic carbocycles. The summed E-state index contributed by atoms with van der Waals surface area (Å²) in [5.74, 6) is -0.561. The van der Waals surface area contributed by atoms with E-state index in [2.05, 4.69) is 5.32 Å². The molecular weight excluding hydrogens is 258 g/mol. The van der Waals surface area contributed by atoms with Crippen molar-refractivity contribution in [2.45, 2.75) is 31.9 Å². The van der Waals surface area contributed by atoms with Gasteiger partial charge in [-0.1, -0.05) is 6.92 Å². The average Bonchev–Trinajstić information content (AvgIpc) is 2.37. The normalized spacial score (nSPS) is 19.4. The van der Waals surface area contributed by atoms with Crippen LogP contribution in [-0.2, 0) is 6.18 Å². The van der Waals surface area contributed by atoms with Crippen LogP contribution in [0.3, 0.4) is 0 Å². The lowest BCUT2D eigenvalue weighted by Crippen LogP contribution is -2.30. The summed E-state index contributed by atoms with van der Waals surface area (Å²) in [6.07, 6.45) is -2.66. The van der Waals surface area contributed by atoms with Crippen LogP contribution in [0.4, 0.5) is 17.6 Å². The number of rotatable bonds is 2. The molecule has 106 valence electrons. The molecule has 5 heteroatoms. The third-order valence-electron chi connectivity index (χ3n) is 3.86. The van der Waals surface area contributed by atoms with E-state index in [4.69, 9.17) is 0 Å². The van der Waals surface area contributed by atoms with Crippen molar-refractivity contribution in [3.05, 3.63) is 35.1 Å². The summed E-state index contributed by atoms with van der Waals surface area (Å²) in [4.78, 5) is 0. The Balaban J connectivity index is 2.26. The van der Waals surface area contributed by atoms with Gasteiger partial charge in [0.2, 0.25) is 0 Å². The molecule has 0 amide bonds. The fraction of sp³-hybridized carbons (Fsp3) is 0.571. The Kier molecular flexibility index (Phi) is 4.13. The zero-order valence-corrected chi connectivity index (χ0v) is 10.7. The van der Waals surface area contributed by atoms with E-state index in [0.29, 0.717) is 17.5 Å². The summed E-state index contributed by atoms with van der Waals surface area (Å²) in [5.41, 5.74) is -0.456. The van der Waals surface area contributed by atoms with Crippen LogP contribution in [0.1, 0.15) is 36.8 Å². The van der Waals surface area contributed by atoms with Gasteiger partial charge in [0.15, 0.2) is 0 Å². The second kappa shape index (κ2) is 5.49.